The summed E-state index contributed by atoms with van der Waals surface area (Å²) in [4.78, 5) is 14.7. The minimum atomic E-state index is -3.47. The topological polar surface area (TPSA) is 104 Å². The van der Waals surface area contributed by atoms with E-state index in [1.54, 1.807) is 23.1 Å². The van der Waals surface area contributed by atoms with Crippen molar-refractivity contribution in [2.24, 2.45) is 0 Å². The molecule has 0 unspecified atom stereocenters. The minimum absolute atomic E-state index is 0.0162. The van der Waals surface area contributed by atoms with Crippen molar-refractivity contribution in [3.8, 4) is 6.07 Å². The van der Waals surface area contributed by atoms with E-state index in [-0.39, 0.29) is 31.5 Å². The average Bonchev–Trinajstić information content (AvgIpc) is 3.37. The molecule has 3 rings (SSSR count). The number of furan rings is 1. The molecule has 29 heavy (non-hydrogen) atoms. The lowest BCUT2D eigenvalue weighted by Crippen LogP contribution is -2.35. The first-order valence-corrected chi connectivity index (χ1v) is 12.1. The lowest BCUT2D eigenvalue weighted by molar-refractivity contribution is -0.123. The number of thioether (sulfide) groups is 1. The summed E-state index contributed by atoms with van der Waals surface area (Å²) < 4.78 is 36.7. The summed E-state index contributed by atoms with van der Waals surface area (Å²) in [5, 5.41) is 8.71. The predicted octanol–water partition coefficient (Wildman–Crippen LogP) is 2.34. The molecule has 156 valence electrons. The summed E-state index contributed by atoms with van der Waals surface area (Å²) in [5.41, 5.74) is 0. The number of rotatable bonds is 8. The monoisotopic (exact) mass is 455 g/mol. The van der Waals surface area contributed by atoms with Gasteiger partial charge in [-0.25, -0.2) is 8.42 Å². The van der Waals surface area contributed by atoms with E-state index in [0.29, 0.717) is 33.9 Å². The van der Waals surface area contributed by atoms with Crippen molar-refractivity contribution in [2.45, 2.75) is 31.9 Å². The molecular weight excluding hydrogens is 434 g/mol. The number of ether oxygens (including phenoxy) is 1. The van der Waals surface area contributed by atoms with Crippen LogP contribution in [-0.4, -0.2) is 59.9 Å². The molecule has 1 amide bonds. The van der Waals surface area contributed by atoms with Crippen LogP contribution in [0.15, 0.2) is 21.5 Å². The van der Waals surface area contributed by atoms with Crippen LogP contribution in [0.1, 0.15) is 30.8 Å². The number of nitrogens with zero attached hydrogens (tertiary/aromatic N) is 3. The normalized spacial score (nSPS) is 21.5. The number of hydrogen-bond donors (Lipinski definition) is 0. The van der Waals surface area contributed by atoms with Gasteiger partial charge in [0.25, 0.3) is 5.91 Å². The van der Waals surface area contributed by atoms with Gasteiger partial charge in [-0.15, -0.1) is 0 Å². The van der Waals surface area contributed by atoms with Gasteiger partial charge in [0, 0.05) is 25.6 Å². The second kappa shape index (κ2) is 9.40. The highest BCUT2D eigenvalue weighted by molar-refractivity contribution is 8.26. The lowest BCUT2D eigenvalue weighted by Gasteiger charge is -2.18. The third-order valence-electron chi connectivity index (χ3n) is 4.51. The van der Waals surface area contributed by atoms with E-state index in [4.69, 9.17) is 26.6 Å². The maximum absolute atomic E-state index is 12.7. The first-order chi connectivity index (χ1) is 13.8. The van der Waals surface area contributed by atoms with Crippen molar-refractivity contribution >= 4 is 50.3 Å². The molecule has 2 saturated heterocycles. The Morgan fingerprint density at radius 3 is 2.93 bits per heavy atom. The Bertz CT molecular complexity index is 958. The molecule has 2 aliphatic rings. The second-order valence-corrected chi connectivity index (χ2v) is 10.4. The van der Waals surface area contributed by atoms with Gasteiger partial charge in [0.05, 0.1) is 36.4 Å². The van der Waals surface area contributed by atoms with Crippen molar-refractivity contribution < 1.29 is 22.4 Å². The molecule has 2 aliphatic heterocycles. The van der Waals surface area contributed by atoms with Crippen LogP contribution in [0.3, 0.4) is 0 Å². The van der Waals surface area contributed by atoms with E-state index in [1.807, 2.05) is 6.07 Å². The molecule has 0 aliphatic carbocycles. The number of carbonyl (C=O) groups is 1. The molecule has 0 bridgehead atoms. The Hall–Kier alpha value is -1.71. The smallest absolute Gasteiger partial charge is 0.266 e. The number of hydrogen-bond acceptors (Lipinski definition) is 8. The van der Waals surface area contributed by atoms with E-state index < -0.39 is 10.0 Å². The molecule has 0 radical (unpaired) electrons. The van der Waals surface area contributed by atoms with Gasteiger partial charge in [-0.3, -0.25) is 9.69 Å². The zero-order valence-electron chi connectivity index (χ0n) is 15.9. The van der Waals surface area contributed by atoms with Crippen LogP contribution < -0.4 is 0 Å². The molecule has 0 N–H and O–H groups in total. The van der Waals surface area contributed by atoms with E-state index in [2.05, 4.69) is 0 Å². The largest absolute Gasteiger partial charge is 0.460 e. The fourth-order valence-corrected chi connectivity index (χ4v) is 5.09. The fraction of sp³-hybridized carbons (Fsp3) is 0.500. The molecule has 2 fully saturated rings. The summed E-state index contributed by atoms with van der Waals surface area (Å²) in [5.74, 6) is 0.682. The molecule has 0 aromatic carbocycles. The highest BCUT2D eigenvalue weighted by Crippen LogP contribution is 2.33. The van der Waals surface area contributed by atoms with Gasteiger partial charge in [-0.05, 0) is 25.0 Å². The van der Waals surface area contributed by atoms with Crippen LogP contribution in [0, 0.1) is 11.3 Å². The highest BCUT2D eigenvalue weighted by Gasteiger charge is 2.34. The van der Waals surface area contributed by atoms with Crippen LogP contribution in [0.25, 0.3) is 6.08 Å². The third-order valence-corrected chi connectivity index (χ3v) is 7.14. The lowest BCUT2D eigenvalue weighted by atomic mass is 10.2. The maximum Gasteiger partial charge on any atom is 0.266 e. The third kappa shape index (κ3) is 5.67. The van der Waals surface area contributed by atoms with Crippen LogP contribution in [0.4, 0.5) is 0 Å². The molecule has 11 heteroatoms. The molecule has 3 heterocycles. The van der Waals surface area contributed by atoms with Gasteiger partial charge in [-0.2, -0.15) is 9.57 Å². The highest BCUT2D eigenvalue weighted by atomic mass is 32.2. The Labute approximate surface area is 179 Å². The first kappa shape index (κ1) is 22.0. The molecule has 1 atom stereocenters. The zero-order chi connectivity index (χ0) is 21.0. The molecule has 0 spiro atoms. The van der Waals surface area contributed by atoms with Crippen molar-refractivity contribution in [1.29, 1.82) is 5.26 Å². The summed E-state index contributed by atoms with van der Waals surface area (Å²) >= 11 is 6.54. The fourth-order valence-electron chi connectivity index (χ4n) is 3.05. The first-order valence-electron chi connectivity index (χ1n) is 9.05. The summed E-state index contributed by atoms with van der Waals surface area (Å²) in [6.45, 7) is 1.28. The van der Waals surface area contributed by atoms with Crippen LogP contribution in [-0.2, 0) is 26.1 Å². The molecule has 0 saturated carbocycles. The summed E-state index contributed by atoms with van der Waals surface area (Å²) in [6, 6.07) is 5.27. The van der Waals surface area contributed by atoms with Gasteiger partial charge in [0.1, 0.15) is 15.8 Å². The van der Waals surface area contributed by atoms with Gasteiger partial charge >= 0.3 is 0 Å². The standard InChI is InChI=1S/C18H21N3O5S3/c1-29(23,24)20(8-3-7-19)11-15-6-5-13(26-15)10-16-17(22)21(18(27)28-16)12-14-4-2-9-25-14/h5-6,10,14H,2-4,8-9,11-12H2,1H3/b16-10-/t14-/m0/s1. The molecule has 1 aromatic rings. The van der Waals surface area contributed by atoms with Gasteiger partial charge in [0.15, 0.2) is 0 Å². The van der Waals surface area contributed by atoms with Gasteiger partial charge < -0.3 is 9.15 Å². The Morgan fingerprint density at radius 2 is 2.28 bits per heavy atom. The maximum atomic E-state index is 12.7. The Kier molecular flexibility index (Phi) is 7.13. The predicted molar refractivity (Wildman–Crippen MR) is 113 cm³/mol. The van der Waals surface area contributed by atoms with Crippen molar-refractivity contribution in [3.63, 3.8) is 0 Å². The van der Waals surface area contributed by atoms with E-state index >= 15 is 0 Å². The number of carbonyl (C=O) groups excluding carboxylic acids is 1. The van der Waals surface area contributed by atoms with Gasteiger partial charge in [-0.1, -0.05) is 24.0 Å². The van der Waals surface area contributed by atoms with Crippen molar-refractivity contribution in [1.82, 2.24) is 9.21 Å². The minimum Gasteiger partial charge on any atom is -0.460 e. The summed E-state index contributed by atoms with van der Waals surface area (Å²) in [7, 11) is -3.47. The van der Waals surface area contributed by atoms with Crippen molar-refractivity contribution in [3.05, 3.63) is 28.6 Å². The number of nitriles is 1. The Morgan fingerprint density at radius 1 is 1.48 bits per heavy atom. The zero-order valence-corrected chi connectivity index (χ0v) is 18.3. The number of sulfonamides is 1. The summed E-state index contributed by atoms with van der Waals surface area (Å²) in [6.07, 6.45) is 4.71. The molecule has 1 aromatic heterocycles. The number of amides is 1. The second-order valence-electron chi connectivity index (χ2n) is 6.74. The molecule has 8 nitrogen and oxygen atoms in total. The Balaban J connectivity index is 1.68. The van der Waals surface area contributed by atoms with E-state index in [1.165, 1.54) is 16.1 Å². The van der Waals surface area contributed by atoms with Gasteiger partial charge in [0.2, 0.25) is 10.0 Å². The number of thiocarbonyl (C=S) groups is 1. The average molecular weight is 456 g/mol. The van der Waals surface area contributed by atoms with E-state index in [9.17, 15) is 13.2 Å². The SMILES string of the molecule is CS(=O)(=O)N(CCC#N)Cc1ccc(/C=C2\SC(=S)N(C[C@@H]3CCCO3)C2=O)o1. The van der Waals surface area contributed by atoms with E-state index in [0.717, 1.165) is 19.1 Å². The van der Waals surface area contributed by atoms with Crippen LogP contribution >= 0.6 is 24.0 Å². The quantitative estimate of drug-likeness (QED) is 0.435. The van der Waals surface area contributed by atoms with Crippen LogP contribution in [0.2, 0.25) is 0 Å². The van der Waals surface area contributed by atoms with Crippen LogP contribution in [0.5, 0.6) is 0 Å². The molecular formula is C18H21N3O5S3. The van der Waals surface area contributed by atoms with Crippen molar-refractivity contribution in [2.75, 3.05) is 26.0 Å².